The van der Waals surface area contributed by atoms with Gasteiger partial charge in [0.1, 0.15) is 5.78 Å². The van der Waals surface area contributed by atoms with E-state index >= 15 is 0 Å². The topological polar surface area (TPSA) is 35.5 Å². The lowest BCUT2D eigenvalue weighted by molar-refractivity contribution is -0.123. The van der Waals surface area contributed by atoms with Gasteiger partial charge in [0.05, 0.1) is 13.2 Å². The van der Waals surface area contributed by atoms with Crippen LogP contribution < -0.4 is 0 Å². The van der Waals surface area contributed by atoms with Crippen LogP contribution in [0.5, 0.6) is 0 Å². The summed E-state index contributed by atoms with van der Waals surface area (Å²) in [5, 5.41) is 0. The number of Topliss-reactive ketones (excluding diaryl/α,β-unsaturated/α-hetero) is 1. The fraction of sp³-hybridized carbons (Fsp3) is 0.632. The number of benzene rings is 1. The summed E-state index contributed by atoms with van der Waals surface area (Å²) >= 11 is 0. The lowest BCUT2D eigenvalue weighted by Gasteiger charge is -2.37. The molecule has 2 atom stereocenters. The van der Waals surface area contributed by atoms with Crippen molar-refractivity contribution in [3.05, 3.63) is 35.4 Å². The molecule has 2 unspecified atom stereocenters. The van der Waals surface area contributed by atoms with E-state index in [1.807, 2.05) is 18.2 Å². The highest BCUT2D eigenvalue weighted by Gasteiger charge is 2.37. The van der Waals surface area contributed by atoms with Crippen LogP contribution in [0.2, 0.25) is 0 Å². The van der Waals surface area contributed by atoms with Crippen molar-refractivity contribution < 1.29 is 14.3 Å². The van der Waals surface area contributed by atoms with Crippen LogP contribution in [0.25, 0.3) is 0 Å². The number of ketones is 1. The molecule has 0 amide bonds. The zero-order chi connectivity index (χ0) is 15.7. The largest absolute Gasteiger partial charge is 0.346 e. The molecule has 1 aromatic rings. The maximum atomic E-state index is 12.6. The van der Waals surface area contributed by atoms with E-state index in [1.54, 1.807) is 0 Å². The maximum Gasteiger partial charge on any atom is 0.184 e. The van der Waals surface area contributed by atoms with Crippen LogP contribution in [0.3, 0.4) is 0 Å². The number of hydrogen-bond acceptors (Lipinski definition) is 3. The molecule has 0 spiro atoms. The van der Waals surface area contributed by atoms with Crippen LogP contribution >= 0.6 is 0 Å². The summed E-state index contributed by atoms with van der Waals surface area (Å²) in [6.07, 6.45) is 2.33. The van der Waals surface area contributed by atoms with Gasteiger partial charge in [0, 0.05) is 17.9 Å². The quantitative estimate of drug-likeness (QED) is 0.820. The minimum atomic E-state index is -0.306. The third-order valence-electron chi connectivity index (χ3n) is 5.12. The number of carbonyl (C=O) groups excluding carboxylic acids is 1. The number of carbonyl (C=O) groups is 1. The van der Waals surface area contributed by atoms with Gasteiger partial charge in [0.2, 0.25) is 0 Å². The molecule has 1 saturated carbocycles. The Labute approximate surface area is 133 Å². The molecule has 1 aliphatic heterocycles. The van der Waals surface area contributed by atoms with Gasteiger partial charge in [-0.15, -0.1) is 0 Å². The number of hydrogen-bond donors (Lipinski definition) is 0. The fourth-order valence-corrected chi connectivity index (χ4v) is 3.69. The van der Waals surface area contributed by atoms with E-state index in [4.69, 9.17) is 9.47 Å². The summed E-state index contributed by atoms with van der Waals surface area (Å²) in [6, 6.07) is 8.13. The van der Waals surface area contributed by atoms with E-state index in [2.05, 4.69) is 26.8 Å². The maximum absolute atomic E-state index is 12.6. The van der Waals surface area contributed by atoms with Gasteiger partial charge in [-0.05, 0) is 29.7 Å². The van der Waals surface area contributed by atoms with Crippen molar-refractivity contribution in [2.45, 2.75) is 52.2 Å². The molecule has 120 valence electrons. The molecule has 1 aliphatic carbocycles. The molecule has 1 heterocycles. The Morgan fingerprint density at radius 1 is 1.05 bits per heavy atom. The standard InChI is InChI=1S/C19H26O3/c1-19(2,3)13-8-9-17(20)16(12-13)14-6-4-5-7-15(14)18-21-10-11-22-18/h4-7,13,16,18H,8-12H2,1-3H3. The minimum absolute atomic E-state index is 0.0121. The first kappa shape index (κ1) is 15.7. The van der Waals surface area contributed by atoms with Gasteiger partial charge in [0.25, 0.3) is 0 Å². The lowest BCUT2D eigenvalue weighted by Crippen LogP contribution is -2.31. The second kappa shape index (κ2) is 6.13. The molecule has 0 N–H and O–H groups in total. The Morgan fingerprint density at radius 3 is 2.32 bits per heavy atom. The monoisotopic (exact) mass is 302 g/mol. The van der Waals surface area contributed by atoms with E-state index in [1.165, 1.54) is 0 Å². The Bertz CT molecular complexity index is 538. The molecule has 0 bridgehead atoms. The first-order valence-electron chi connectivity index (χ1n) is 8.31. The van der Waals surface area contributed by atoms with Crippen molar-refractivity contribution in [2.75, 3.05) is 13.2 Å². The van der Waals surface area contributed by atoms with Crippen molar-refractivity contribution in [3.8, 4) is 0 Å². The number of ether oxygens (including phenoxy) is 2. The summed E-state index contributed by atoms with van der Waals surface area (Å²) in [5.41, 5.74) is 2.38. The van der Waals surface area contributed by atoms with Crippen molar-refractivity contribution >= 4 is 5.78 Å². The lowest BCUT2D eigenvalue weighted by atomic mass is 9.67. The molecule has 2 aliphatic rings. The average Bonchev–Trinajstić information content (AvgIpc) is 3.00. The molecule has 22 heavy (non-hydrogen) atoms. The van der Waals surface area contributed by atoms with E-state index in [0.29, 0.717) is 31.3 Å². The zero-order valence-electron chi connectivity index (χ0n) is 13.8. The summed E-state index contributed by atoms with van der Waals surface area (Å²) in [6.45, 7) is 8.09. The Hall–Kier alpha value is -1.19. The van der Waals surface area contributed by atoms with Crippen LogP contribution in [0.15, 0.2) is 24.3 Å². The number of rotatable bonds is 2. The molecule has 0 aromatic heterocycles. The van der Waals surface area contributed by atoms with Crippen molar-refractivity contribution in [1.29, 1.82) is 0 Å². The molecule has 3 heteroatoms. The molecule has 1 saturated heterocycles. The van der Waals surface area contributed by atoms with Crippen LogP contribution in [-0.4, -0.2) is 19.0 Å². The normalized spacial score (nSPS) is 27.3. The van der Waals surface area contributed by atoms with Crippen molar-refractivity contribution in [3.63, 3.8) is 0 Å². The summed E-state index contributed by atoms with van der Waals surface area (Å²) < 4.78 is 11.3. The highest BCUT2D eigenvalue weighted by atomic mass is 16.7. The minimum Gasteiger partial charge on any atom is -0.346 e. The smallest absolute Gasteiger partial charge is 0.184 e. The molecule has 3 nitrogen and oxygen atoms in total. The van der Waals surface area contributed by atoms with Crippen LogP contribution in [0.4, 0.5) is 0 Å². The van der Waals surface area contributed by atoms with E-state index < -0.39 is 0 Å². The van der Waals surface area contributed by atoms with E-state index in [0.717, 1.165) is 24.0 Å². The Balaban J connectivity index is 1.90. The predicted octanol–water partition coefficient (Wildman–Crippen LogP) is 4.23. The van der Waals surface area contributed by atoms with Gasteiger partial charge in [-0.2, -0.15) is 0 Å². The summed E-state index contributed by atoms with van der Waals surface area (Å²) in [5.74, 6) is 0.932. The molecular weight excluding hydrogens is 276 g/mol. The van der Waals surface area contributed by atoms with Gasteiger partial charge in [-0.25, -0.2) is 0 Å². The zero-order valence-corrected chi connectivity index (χ0v) is 13.8. The SMILES string of the molecule is CC(C)(C)C1CCC(=O)C(c2ccccc2C2OCCO2)C1. The molecule has 3 rings (SSSR count). The second-order valence-corrected chi connectivity index (χ2v) is 7.56. The fourth-order valence-electron chi connectivity index (χ4n) is 3.69. The van der Waals surface area contributed by atoms with Crippen LogP contribution in [0.1, 0.15) is 63.4 Å². The first-order valence-corrected chi connectivity index (χ1v) is 8.31. The van der Waals surface area contributed by atoms with Gasteiger partial charge in [-0.3, -0.25) is 4.79 Å². The average molecular weight is 302 g/mol. The van der Waals surface area contributed by atoms with Crippen LogP contribution in [-0.2, 0) is 14.3 Å². The molecule has 0 radical (unpaired) electrons. The second-order valence-electron chi connectivity index (χ2n) is 7.56. The van der Waals surface area contributed by atoms with E-state index in [9.17, 15) is 4.79 Å². The highest BCUT2D eigenvalue weighted by molar-refractivity contribution is 5.86. The Kier molecular flexibility index (Phi) is 4.37. The first-order chi connectivity index (χ1) is 10.5. The van der Waals surface area contributed by atoms with E-state index in [-0.39, 0.29) is 17.6 Å². The molecule has 2 fully saturated rings. The van der Waals surface area contributed by atoms with Gasteiger partial charge < -0.3 is 9.47 Å². The van der Waals surface area contributed by atoms with Crippen molar-refractivity contribution in [2.24, 2.45) is 11.3 Å². The summed E-state index contributed by atoms with van der Waals surface area (Å²) in [7, 11) is 0. The van der Waals surface area contributed by atoms with Crippen LogP contribution in [0, 0.1) is 11.3 Å². The van der Waals surface area contributed by atoms with Gasteiger partial charge >= 0.3 is 0 Å². The predicted molar refractivity (Wildman–Crippen MR) is 85.6 cm³/mol. The Morgan fingerprint density at radius 2 is 1.68 bits per heavy atom. The molecule has 1 aromatic carbocycles. The van der Waals surface area contributed by atoms with Gasteiger partial charge in [-0.1, -0.05) is 45.0 Å². The molecular formula is C19H26O3. The van der Waals surface area contributed by atoms with Crippen molar-refractivity contribution in [1.82, 2.24) is 0 Å². The van der Waals surface area contributed by atoms with Gasteiger partial charge in [0.15, 0.2) is 6.29 Å². The highest BCUT2D eigenvalue weighted by Crippen LogP contribution is 2.44. The third-order valence-corrected chi connectivity index (χ3v) is 5.12. The summed E-state index contributed by atoms with van der Waals surface area (Å²) in [4.78, 5) is 12.6. The third kappa shape index (κ3) is 3.11.